The Labute approximate surface area is 319 Å². The number of fused-ring (bicyclic) bond motifs is 3. The maximum absolute atomic E-state index is 14.3. The number of benzene rings is 2. The first-order valence-corrected chi connectivity index (χ1v) is 26.3. The first-order valence-electron chi connectivity index (χ1n) is 20.0. The molecule has 2 heterocycles. The molecule has 0 radical (unpaired) electrons. The number of hydrogen-bond acceptors (Lipinski definition) is 3. The number of methoxy groups -OCH3 is 1. The number of ether oxygens (including phenoxy) is 2. The fourth-order valence-corrected chi connectivity index (χ4v) is 37.8. The van der Waals surface area contributed by atoms with Crippen LogP contribution in [0, 0.1) is 0 Å². The summed E-state index contributed by atoms with van der Waals surface area (Å²) in [5.41, 5.74) is 9.01. The van der Waals surface area contributed by atoms with Crippen molar-refractivity contribution in [3.05, 3.63) is 57.6 Å². The summed E-state index contributed by atoms with van der Waals surface area (Å²) in [4.78, 5) is 14.3. The summed E-state index contributed by atoms with van der Waals surface area (Å²) in [6.07, 6.45) is 1.16. The molecule has 1 fully saturated rings. The monoisotopic (exact) mass is 782 g/mol. The van der Waals surface area contributed by atoms with E-state index in [-0.39, 0.29) is 32.1 Å². The third-order valence-corrected chi connectivity index (χ3v) is 33.4. The van der Waals surface area contributed by atoms with Gasteiger partial charge in [0.2, 0.25) is 0 Å². The van der Waals surface area contributed by atoms with Crippen LogP contribution in [0.15, 0.2) is 24.3 Å². The van der Waals surface area contributed by atoms with Gasteiger partial charge in [-0.1, -0.05) is 0 Å². The van der Waals surface area contributed by atoms with E-state index in [2.05, 4.69) is 142 Å². The summed E-state index contributed by atoms with van der Waals surface area (Å²) >= 11 is -3.24. The molecule has 0 aliphatic carbocycles. The number of esters is 1. The van der Waals surface area contributed by atoms with Gasteiger partial charge in [0, 0.05) is 13.2 Å². The number of carbonyl (C=O) groups excluding carboxylic acids is 1. The van der Waals surface area contributed by atoms with Gasteiger partial charge in [-0.05, 0) is 13.8 Å². The molecule has 0 unspecified atom stereocenters. The van der Waals surface area contributed by atoms with Gasteiger partial charge in [0.05, 0.1) is 0 Å². The molecule has 5 heteroatoms. The van der Waals surface area contributed by atoms with Gasteiger partial charge in [-0.3, -0.25) is 0 Å². The van der Waals surface area contributed by atoms with Crippen LogP contribution in [0.5, 0.6) is 0 Å². The zero-order valence-electron chi connectivity index (χ0n) is 36.7. The van der Waals surface area contributed by atoms with E-state index >= 15 is 0 Å². The molecule has 0 amide bonds. The van der Waals surface area contributed by atoms with E-state index < -0.39 is 21.2 Å². The van der Waals surface area contributed by atoms with E-state index in [0.717, 1.165) is 24.9 Å². The predicted octanol–water partition coefficient (Wildman–Crippen LogP) is 12.1. The Bertz CT molecular complexity index is 1480. The Morgan fingerprint density at radius 3 is 1.69 bits per heavy atom. The summed E-state index contributed by atoms with van der Waals surface area (Å²) in [5.74, 6) is 1.39. The Hall–Kier alpha value is -1.16. The van der Waals surface area contributed by atoms with Crippen molar-refractivity contribution in [1.82, 2.24) is 0 Å². The van der Waals surface area contributed by atoms with Crippen LogP contribution in [-0.4, -0.2) is 49.7 Å². The van der Waals surface area contributed by atoms with Crippen molar-refractivity contribution >= 4 is 36.9 Å². The van der Waals surface area contributed by atoms with Crippen molar-refractivity contribution in [2.45, 2.75) is 192 Å². The van der Waals surface area contributed by atoms with Crippen molar-refractivity contribution in [2.24, 2.45) is 0 Å². The van der Waals surface area contributed by atoms with Gasteiger partial charge in [-0.15, -0.1) is 0 Å². The Morgan fingerprint density at radius 1 is 0.824 bits per heavy atom. The second-order valence-corrected chi connectivity index (χ2v) is 34.3. The van der Waals surface area contributed by atoms with Crippen LogP contribution in [0.1, 0.15) is 189 Å². The molecule has 2 aromatic carbocycles. The molecule has 0 saturated carbocycles. The molecule has 4 atom stereocenters. The van der Waals surface area contributed by atoms with Crippen LogP contribution in [0.4, 0.5) is 0 Å². The van der Waals surface area contributed by atoms with Crippen LogP contribution >= 0.6 is 7.92 Å². The molecule has 288 valence electrons. The zero-order chi connectivity index (χ0) is 39.2. The SMILES string of the molecule is CCOCC.COC(=O)[C@@H]1[CH2][Ge@]([c]2c(C(C)C)cc(C(C)C)cc2C(C)C)([C](C)(C)C)[C@H]2CC(C)(C)c3cc(C(C)(C)C)cc(C(C)(C)C)c3[P@]12. The fourth-order valence-electron chi connectivity index (χ4n) is 9.06. The van der Waals surface area contributed by atoms with Gasteiger partial charge < -0.3 is 4.74 Å². The zero-order valence-corrected chi connectivity index (χ0v) is 39.7. The second kappa shape index (κ2) is 15.9. The van der Waals surface area contributed by atoms with E-state index in [1.165, 1.54) is 22.3 Å². The van der Waals surface area contributed by atoms with Gasteiger partial charge in [0.25, 0.3) is 0 Å². The van der Waals surface area contributed by atoms with Crippen LogP contribution in [-0.2, 0) is 30.5 Å². The molecule has 3 nitrogen and oxygen atoms in total. The molecule has 0 bridgehead atoms. The molecule has 0 N–H and O–H groups in total. The Kier molecular flexibility index (Phi) is 13.8. The Balaban J connectivity index is 0.00000131. The van der Waals surface area contributed by atoms with Crippen molar-refractivity contribution in [1.29, 1.82) is 0 Å². The van der Waals surface area contributed by atoms with Gasteiger partial charge in [0.1, 0.15) is 0 Å². The van der Waals surface area contributed by atoms with Gasteiger partial charge in [0.15, 0.2) is 0 Å². The van der Waals surface area contributed by atoms with E-state index in [9.17, 15) is 4.79 Å². The standard InChI is InChI=1S/C42H67GeO2P.C4H10O/c1-25(2)28-19-30(26(3)4)36(31(20-28)27(5)6)43(41(13,14)15)24-34(38(44)45-18)46-35(43)23-42(16,17)33-22-29(39(7,8)9)21-32(37(33)46)40(10,11)12;1-3-5-4-2/h19-22,25-27,34-35H,23-24H2,1-18H3;3-4H2,1-2H3/t34-,35+,43-,46+;/m0./s1. The third kappa shape index (κ3) is 8.57. The summed E-state index contributed by atoms with van der Waals surface area (Å²) in [6.45, 7) is 46.9. The second-order valence-electron chi connectivity index (χ2n) is 20.2. The quantitative estimate of drug-likeness (QED) is 0.159. The van der Waals surface area contributed by atoms with E-state index in [4.69, 9.17) is 9.47 Å². The average molecular weight is 782 g/mol. The van der Waals surface area contributed by atoms with E-state index in [1.54, 1.807) is 27.9 Å². The van der Waals surface area contributed by atoms with Crippen LogP contribution < -0.4 is 9.70 Å². The minimum atomic E-state index is -3.24. The molecule has 2 aliphatic heterocycles. The number of hydrogen-bond donors (Lipinski definition) is 0. The average Bonchev–Trinajstić information content (AvgIpc) is 3.34. The maximum atomic E-state index is 14.3. The molecule has 0 aromatic heterocycles. The fraction of sp³-hybridized carbons (Fsp3) is 0.717. The molecule has 2 aromatic rings. The van der Waals surface area contributed by atoms with Crippen molar-refractivity contribution in [2.75, 3.05) is 20.3 Å². The first-order chi connectivity index (χ1) is 23.2. The van der Waals surface area contributed by atoms with Crippen molar-refractivity contribution in [3.8, 4) is 0 Å². The Morgan fingerprint density at radius 2 is 1.33 bits per heavy atom. The minimum absolute atomic E-state index is 0.0146. The van der Waals surface area contributed by atoms with E-state index in [0.29, 0.717) is 22.2 Å². The molecular formula is C46H77GeO3P. The number of rotatable bonds is 7. The van der Waals surface area contributed by atoms with Gasteiger partial charge >= 0.3 is 289 Å². The van der Waals surface area contributed by atoms with Crippen LogP contribution in [0.2, 0.25) is 9.50 Å². The third-order valence-electron chi connectivity index (χ3n) is 12.0. The molecular weight excluding hydrogens is 704 g/mol. The summed E-state index contributed by atoms with van der Waals surface area (Å²) in [5, 5.41) is 2.59. The van der Waals surface area contributed by atoms with Gasteiger partial charge in [-0.2, -0.15) is 0 Å². The first kappa shape index (κ1) is 44.2. The van der Waals surface area contributed by atoms with Crippen molar-refractivity contribution < 1.29 is 14.3 Å². The van der Waals surface area contributed by atoms with Crippen LogP contribution in [0.3, 0.4) is 0 Å². The van der Waals surface area contributed by atoms with Crippen LogP contribution in [0.25, 0.3) is 0 Å². The molecule has 0 spiro atoms. The molecule has 2 aliphatic rings. The number of carbonyl (C=O) groups is 1. The van der Waals surface area contributed by atoms with Crippen molar-refractivity contribution in [3.63, 3.8) is 0 Å². The predicted molar refractivity (Wildman–Crippen MR) is 228 cm³/mol. The normalized spacial score (nSPS) is 23.2. The summed E-state index contributed by atoms with van der Waals surface area (Å²) in [7, 11) is 0.848. The molecule has 4 rings (SSSR count). The summed E-state index contributed by atoms with van der Waals surface area (Å²) in [6, 6.07) is 10.3. The van der Waals surface area contributed by atoms with E-state index in [1.807, 2.05) is 13.8 Å². The summed E-state index contributed by atoms with van der Waals surface area (Å²) < 4.78 is 13.0. The molecule has 51 heavy (non-hydrogen) atoms. The molecule has 1 saturated heterocycles. The topological polar surface area (TPSA) is 35.5 Å². The van der Waals surface area contributed by atoms with Gasteiger partial charge in [-0.25, -0.2) is 0 Å².